The first-order valence-corrected chi connectivity index (χ1v) is 5.47. The molecule has 1 heterocycles. The number of nitrogens with one attached hydrogen (secondary N) is 1. The summed E-state index contributed by atoms with van der Waals surface area (Å²) < 4.78 is 0. The third-order valence-electron chi connectivity index (χ3n) is 2.67. The standard InChI is InChI=1S/C12H18N2O2/c1-4-8(2)11(12(15)16)14-10-7-5-6-9(3)13-10/h5-8,11H,4H2,1-3H3,(H,13,14)(H,15,16)/t8-,11-/m0/s1. The topological polar surface area (TPSA) is 62.2 Å². The Balaban J connectivity index is 2.79. The Morgan fingerprint density at radius 1 is 1.56 bits per heavy atom. The molecule has 2 atom stereocenters. The van der Waals surface area contributed by atoms with E-state index in [1.54, 1.807) is 6.07 Å². The summed E-state index contributed by atoms with van der Waals surface area (Å²) in [5.74, 6) is -0.148. The predicted octanol–water partition coefficient (Wildman–Crippen LogP) is 2.30. The second kappa shape index (κ2) is 5.49. The van der Waals surface area contributed by atoms with E-state index in [2.05, 4.69) is 10.3 Å². The Hall–Kier alpha value is -1.58. The van der Waals surface area contributed by atoms with Gasteiger partial charge in [0.25, 0.3) is 0 Å². The summed E-state index contributed by atoms with van der Waals surface area (Å²) in [4.78, 5) is 15.3. The van der Waals surface area contributed by atoms with Gasteiger partial charge in [-0.3, -0.25) is 0 Å². The van der Waals surface area contributed by atoms with E-state index in [0.29, 0.717) is 5.82 Å². The van der Waals surface area contributed by atoms with E-state index >= 15 is 0 Å². The van der Waals surface area contributed by atoms with Crippen molar-refractivity contribution < 1.29 is 9.90 Å². The molecule has 88 valence electrons. The van der Waals surface area contributed by atoms with Gasteiger partial charge in [-0.05, 0) is 25.0 Å². The van der Waals surface area contributed by atoms with Gasteiger partial charge in [-0.1, -0.05) is 26.3 Å². The van der Waals surface area contributed by atoms with E-state index in [1.165, 1.54) is 0 Å². The summed E-state index contributed by atoms with van der Waals surface area (Å²) in [5.41, 5.74) is 0.873. The minimum Gasteiger partial charge on any atom is -0.480 e. The molecular weight excluding hydrogens is 204 g/mol. The first kappa shape index (κ1) is 12.5. The largest absolute Gasteiger partial charge is 0.480 e. The molecule has 4 heteroatoms. The van der Waals surface area contributed by atoms with E-state index in [1.807, 2.05) is 32.9 Å². The lowest BCUT2D eigenvalue weighted by atomic mass is 9.99. The zero-order valence-corrected chi connectivity index (χ0v) is 9.90. The van der Waals surface area contributed by atoms with Gasteiger partial charge in [-0.2, -0.15) is 0 Å². The number of pyridine rings is 1. The van der Waals surface area contributed by atoms with Crippen molar-refractivity contribution >= 4 is 11.8 Å². The number of carboxylic acid groups (broad SMARTS) is 1. The van der Waals surface area contributed by atoms with Crippen molar-refractivity contribution in [3.05, 3.63) is 23.9 Å². The molecule has 2 N–H and O–H groups in total. The summed E-state index contributed by atoms with van der Waals surface area (Å²) in [6.45, 7) is 5.78. The third kappa shape index (κ3) is 3.22. The number of nitrogens with zero attached hydrogens (tertiary/aromatic N) is 1. The third-order valence-corrected chi connectivity index (χ3v) is 2.67. The molecule has 0 aliphatic carbocycles. The quantitative estimate of drug-likeness (QED) is 0.802. The molecule has 1 aromatic heterocycles. The number of carbonyl (C=O) groups is 1. The monoisotopic (exact) mass is 222 g/mol. The zero-order chi connectivity index (χ0) is 12.1. The van der Waals surface area contributed by atoms with Crippen LogP contribution in [0.5, 0.6) is 0 Å². The van der Waals surface area contributed by atoms with Gasteiger partial charge in [0, 0.05) is 5.69 Å². The van der Waals surface area contributed by atoms with Crippen molar-refractivity contribution in [1.82, 2.24) is 4.98 Å². The Bertz CT molecular complexity index is 366. The fraction of sp³-hybridized carbons (Fsp3) is 0.500. The van der Waals surface area contributed by atoms with Crippen molar-refractivity contribution in [1.29, 1.82) is 0 Å². The molecule has 1 aromatic rings. The van der Waals surface area contributed by atoms with Crippen molar-refractivity contribution in [3.63, 3.8) is 0 Å². The maximum Gasteiger partial charge on any atom is 0.326 e. The minimum atomic E-state index is -0.836. The van der Waals surface area contributed by atoms with Crippen LogP contribution in [0.3, 0.4) is 0 Å². The fourth-order valence-corrected chi connectivity index (χ4v) is 1.47. The van der Waals surface area contributed by atoms with Gasteiger partial charge in [0.05, 0.1) is 0 Å². The van der Waals surface area contributed by atoms with E-state index in [9.17, 15) is 4.79 Å². The van der Waals surface area contributed by atoms with Crippen LogP contribution in [-0.4, -0.2) is 22.1 Å². The maximum atomic E-state index is 11.1. The molecular formula is C12H18N2O2. The van der Waals surface area contributed by atoms with E-state index < -0.39 is 12.0 Å². The Morgan fingerprint density at radius 3 is 2.75 bits per heavy atom. The molecule has 0 saturated carbocycles. The zero-order valence-electron chi connectivity index (χ0n) is 9.90. The Labute approximate surface area is 95.7 Å². The number of aliphatic carboxylic acids is 1. The summed E-state index contributed by atoms with van der Waals surface area (Å²) >= 11 is 0. The average Bonchev–Trinajstić information content (AvgIpc) is 2.24. The van der Waals surface area contributed by atoms with E-state index in [4.69, 9.17) is 5.11 Å². The lowest BCUT2D eigenvalue weighted by molar-refractivity contribution is -0.139. The second-order valence-electron chi connectivity index (χ2n) is 4.01. The first-order valence-electron chi connectivity index (χ1n) is 5.47. The number of hydrogen-bond acceptors (Lipinski definition) is 3. The van der Waals surface area contributed by atoms with Gasteiger partial charge < -0.3 is 10.4 Å². The number of rotatable bonds is 5. The maximum absolute atomic E-state index is 11.1. The van der Waals surface area contributed by atoms with Crippen LogP contribution in [0.4, 0.5) is 5.82 Å². The molecule has 0 unspecified atom stereocenters. The van der Waals surface area contributed by atoms with Crippen molar-refractivity contribution in [2.45, 2.75) is 33.2 Å². The van der Waals surface area contributed by atoms with Gasteiger partial charge in [-0.25, -0.2) is 9.78 Å². The summed E-state index contributed by atoms with van der Waals surface area (Å²) in [7, 11) is 0. The number of aromatic nitrogens is 1. The van der Waals surface area contributed by atoms with Gasteiger partial charge in [0.15, 0.2) is 0 Å². The molecule has 0 aliphatic rings. The predicted molar refractivity (Wildman–Crippen MR) is 63.5 cm³/mol. The molecule has 1 rings (SSSR count). The highest BCUT2D eigenvalue weighted by atomic mass is 16.4. The average molecular weight is 222 g/mol. The van der Waals surface area contributed by atoms with Crippen molar-refractivity contribution in [3.8, 4) is 0 Å². The highest BCUT2D eigenvalue weighted by Gasteiger charge is 2.23. The van der Waals surface area contributed by atoms with Gasteiger partial charge in [0.2, 0.25) is 0 Å². The Morgan fingerprint density at radius 2 is 2.25 bits per heavy atom. The lowest BCUT2D eigenvalue weighted by Crippen LogP contribution is -2.35. The fourth-order valence-electron chi connectivity index (χ4n) is 1.47. The molecule has 0 fully saturated rings. The number of hydrogen-bond donors (Lipinski definition) is 2. The SMILES string of the molecule is CC[C@H](C)[C@H](Nc1cccc(C)n1)C(=O)O. The molecule has 0 spiro atoms. The molecule has 0 amide bonds. The summed E-state index contributed by atoms with van der Waals surface area (Å²) in [6, 6.07) is 4.94. The number of aryl methyl sites for hydroxylation is 1. The minimum absolute atomic E-state index is 0.0693. The van der Waals surface area contributed by atoms with Crippen LogP contribution in [-0.2, 0) is 4.79 Å². The van der Waals surface area contributed by atoms with Crippen LogP contribution in [0.1, 0.15) is 26.0 Å². The smallest absolute Gasteiger partial charge is 0.326 e. The highest BCUT2D eigenvalue weighted by Crippen LogP contribution is 2.14. The molecule has 0 aliphatic heterocycles. The molecule has 4 nitrogen and oxygen atoms in total. The normalized spacial score (nSPS) is 14.2. The van der Waals surface area contributed by atoms with Crippen molar-refractivity contribution in [2.75, 3.05) is 5.32 Å². The van der Waals surface area contributed by atoms with E-state index in [-0.39, 0.29) is 5.92 Å². The van der Waals surface area contributed by atoms with Gasteiger partial charge in [-0.15, -0.1) is 0 Å². The van der Waals surface area contributed by atoms with Gasteiger partial charge >= 0.3 is 5.97 Å². The van der Waals surface area contributed by atoms with Crippen LogP contribution < -0.4 is 5.32 Å². The number of carboxylic acids is 1. The number of anilines is 1. The summed E-state index contributed by atoms with van der Waals surface area (Å²) in [6.07, 6.45) is 0.815. The molecule has 16 heavy (non-hydrogen) atoms. The Kier molecular flexibility index (Phi) is 4.28. The van der Waals surface area contributed by atoms with E-state index in [0.717, 1.165) is 12.1 Å². The van der Waals surface area contributed by atoms with Crippen LogP contribution in [0.15, 0.2) is 18.2 Å². The highest BCUT2D eigenvalue weighted by molar-refractivity contribution is 5.77. The lowest BCUT2D eigenvalue weighted by Gasteiger charge is -2.20. The molecule has 0 radical (unpaired) electrons. The van der Waals surface area contributed by atoms with Gasteiger partial charge in [0.1, 0.15) is 11.9 Å². The second-order valence-corrected chi connectivity index (χ2v) is 4.01. The van der Waals surface area contributed by atoms with Crippen molar-refractivity contribution in [2.24, 2.45) is 5.92 Å². The molecule has 0 bridgehead atoms. The summed E-state index contributed by atoms with van der Waals surface area (Å²) in [5, 5.41) is 12.1. The van der Waals surface area contributed by atoms with Crippen LogP contribution in [0.2, 0.25) is 0 Å². The van der Waals surface area contributed by atoms with Crippen LogP contribution >= 0.6 is 0 Å². The van der Waals surface area contributed by atoms with Crippen LogP contribution in [0.25, 0.3) is 0 Å². The molecule has 0 aromatic carbocycles. The molecule has 0 saturated heterocycles. The van der Waals surface area contributed by atoms with Crippen LogP contribution in [0, 0.1) is 12.8 Å². The first-order chi connectivity index (χ1) is 7.54.